The van der Waals surface area contributed by atoms with Crippen molar-refractivity contribution in [3.05, 3.63) is 0 Å². The predicted octanol–water partition coefficient (Wildman–Crippen LogP) is -0.257. The summed E-state index contributed by atoms with van der Waals surface area (Å²) in [5.74, 6) is -0.0112. The van der Waals surface area contributed by atoms with Gasteiger partial charge in [0.15, 0.2) is 0 Å². The molecule has 68 valence electrons. The first-order valence-electron chi connectivity index (χ1n) is 4.27. The van der Waals surface area contributed by atoms with E-state index in [0.29, 0.717) is 13.0 Å². The Morgan fingerprint density at radius 3 is 2.67 bits per heavy atom. The van der Waals surface area contributed by atoms with Crippen LogP contribution in [0.4, 0.5) is 0 Å². The van der Waals surface area contributed by atoms with Crippen LogP contribution in [-0.2, 0) is 9.59 Å². The highest BCUT2D eigenvalue weighted by Gasteiger charge is 2.29. The fourth-order valence-corrected chi connectivity index (χ4v) is 1.32. The number of carbonyl (C=O) groups excluding carboxylic acids is 2. The largest absolute Gasteiger partial charge is 0.343 e. The van der Waals surface area contributed by atoms with Crippen LogP contribution in [0.3, 0.4) is 0 Å². The van der Waals surface area contributed by atoms with Crippen LogP contribution >= 0.6 is 0 Å². The minimum atomic E-state index is -0.300. The molecular formula is C8H14N2O2. The maximum absolute atomic E-state index is 11.4. The first-order valence-corrected chi connectivity index (χ1v) is 4.27. The second kappa shape index (κ2) is 3.56. The third-order valence-electron chi connectivity index (χ3n) is 2.07. The molecule has 1 saturated heterocycles. The van der Waals surface area contributed by atoms with E-state index in [4.69, 9.17) is 0 Å². The second-order valence-electron chi connectivity index (χ2n) is 2.88. The molecule has 1 rings (SSSR count). The van der Waals surface area contributed by atoms with Gasteiger partial charge in [-0.1, -0.05) is 6.92 Å². The number of hydrogen-bond acceptors (Lipinski definition) is 2. The average Bonchev–Trinajstić information content (AvgIpc) is 2.08. The highest BCUT2D eigenvalue weighted by Crippen LogP contribution is 2.04. The van der Waals surface area contributed by atoms with E-state index < -0.39 is 0 Å². The lowest BCUT2D eigenvalue weighted by molar-refractivity contribution is -0.144. The zero-order chi connectivity index (χ0) is 9.14. The lowest BCUT2D eigenvalue weighted by Crippen LogP contribution is -2.57. The van der Waals surface area contributed by atoms with Gasteiger partial charge in [-0.3, -0.25) is 9.59 Å². The van der Waals surface area contributed by atoms with Crippen LogP contribution in [0.5, 0.6) is 0 Å². The lowest BCUT2D eigenvalue weighted by Gasteiger charge is -2.31. The third-order valence-corrected chi connectivity index (χ3v) is 2.07. The van der Waals surface area contributed by atoms with Gasteiger partial charge in [-0.15, -0.1) is 0 Å². The summed E-state index contributed by atoms with van der Waals surface area (Å²) < 4.78 is 0. The normalized spacial score (nSPS) is 24.2. The number of nitrogens with zero attached hydrogens (tertiary/aromatic N) is 1. The highest BCUT2D eigenvalue weighted by atomic mass is 16.2. The SMILES string of the molecule is CCC1NC(=O)CN(CC)C1=O. The van der Waals surface area contributed by atoms with Crippen molar-refractivity contribution in [2.24, 2.45) is 0 Å². The van der Waals surface area contributed by atoms with Crippen molar-refractivity contribution in [2.45, 2.75) is 26.3 Å². The van der Waals surface area contributed by atoms with Crippen molar-refractivity contribution in [1.82, 2.24) is 10.2 Å². The Balaban J connectivity index is 2.67. The Morgan fingerprint density at radius 1 is 1.50 bits per heavy atom. The summed E-state index contributed by atoms with van der Waals surface area (Å²) in [6.07, 6.45) is 0.668. The van der Waals surface area contributed by atoms with Gasteiger partial charge < -0.3 is 10.2 Å². The molecule has 1 N–H and O–H groups in total. The molecule has 0 saturated carbocycles. The number of piperazine rings is 1. The molecule has 4 heteroatoms. The maximum Gasteiger partial charge on any atom is 0.245 e. The van der Waals surface area contributed by atoms with Crippen LogP contribution in [0.25, 0.3) is 0 Å². The third kappa shape index (κ3) is 1.57. The Bertz CT molecular complexity index is 185. The molecule has 0 aromatic heterocycles. The van der Waals surface area contributed by atoms with Crippen molar-refractivity contribution in [2.75, 3.05) is 13.1 Å². The zero-order valence-corrected chi connectivity index (χ0v) is 7.46. The van der Waals surface area contributed by atoms with Crippen LogP contribution in [-0.4, -0.2) is 35.8 Å². The van der Waals surface area contributed by atoms with Crippen LogP contribution in [0.15, 0.2) is 0 Å². The maximum atomic E-state index is 11.4. The number of rotatable bonds is 2. The van der Waals surface area contributed by atoms with Gasteiger partial charge in [0.25, 0.3) is 0 Å². The van der Waals surface area contributed by atoms with Crippen molar-refractivity contribution in [3.63, 3.8) is 0 Å². The topological polar surface area (TPSA) is 49.4 Å². The van der Waals surface area contributed by atoms with E-state index in [1.807, 2.05) is 13.8 Å². The summed E-state index contributed by atoms with van der Waals surface area (Å²) in [6, 6.07) is -0.300. The Kier molecular flexibility index (Phi) is 2.68. The first-order chi connectivity index (χ1) is 5.69. The molecule has 1 atom stereocenters. The van der Waals surface area contributed by atoms with Gasteiger partial charge in [0.05, 0.1) is 6.54 Å². The molecule has 0 aliphatic carbocycles. The van der Waals surface area contributed by atoms with Crippen LogP contribution in [0, 0.1) is 0 Å². The lowest BCUT2D eigenvalue weighted by atomic mass is 10.1. The van der Waals surface area contributed by atoms with Gasteiger partial charge in [0, 0.05) is 6.54 Å². The van der Waals surface area contributed by atoms with Gasteiger partial charge in [-0.2, -0.15) is 0 Å². The molecule has 1 aliphatic heterocycles. The summed E-state index contributed by atoms with van der Waals surface area (Å²) in [5, 5.41) is 2.65. The summed E-state index contributed by atoms with van der Waals surface area (Å²) >= 11 is 0. The van der Waals surface area contributed by atoms with Crippen molar-refractivity contribution in [1.29, 1.82) is 0 Å². The smallest absolute Gasteiger partial charge is 0.245 e. The fraction of sp³-hybridized carbons (Fsp3) is 0.750. The standard InChI is InChI=1S/C8H14N2O2/c1-3-6-8(12)10(4-2)5-7(11)9-6/h6H,3-5H2,1-2H3,(H,9,11). The van der Waals surface area contributed by atoms with Gasteiger partial charge in [0.2, 0.25) is 11.8 Å². The van der Waals surface area contributed by atoms with E-state index in [0.717, 1.165) is 0 Å². The number of carbonyl (C=O) groups is 2. The summed E-state index contributed by atoms with van der Waals surface area (Å²) in [7, 11) is 0. The minimum Gasteiger partial charge on any atom is -0.343 e. The van der Waals surface area contributed by atoms with Crippen molar-refractivity contribution < 1.29 is 9.59 Å². The summed E-state index contributed by atoms with van der Waals surface area (Å²) in [6.45, 7) is 4.60. The quantitative estimate of drug-likeness (QED) is 0.621. The predicted molar refractivity (Wildman–Crippen MR) is 44.5 cm³/mol. The van der Waals surface area contributed by atoms with Crippen molar-refractivity contribution >= 4 is 11.8 Å². The molecule has 1 fully saturated rings. The Morgan fingerprint density at radius 2 is 2.17 bits per heavy atom. The zero-order valence-electron chi connectivity index (χ0n) is 7.46. The second-order valence-corrected chi connectivity index (χ2v) is 2.88. The molecule has 0 bridgehead atoms. The van der Waals surface area contributed by atoms with Crippen LogP contribution in [0.2, 0.25) is 0 Å². The van der Waals surface area contributed by atoms with Gasteiger partial charge in [-0.05, 0) is 13.3 Å². The Hall–Kier alpha value is -1.06. The number of nitrogens with one attached hydrogen (secondary N) is 1. The molecule has 1 unspecified atom stereocenters. The molecule has 0 spiro atoms. The number of likely N-dealkylation sites (N-methyl/N-ethyl adjacent to an activating group) is 1. The van der Waals surface area contributed by atoms with Gasteiger partial charge >= 0.3 is 0 Å². The molecule has 0 aromatic rings. The highest BCUT2D eigenvalue weighted by molar-refractivity contribution is 5.94. The van der Waals surface area contributed by atoms with E-state index in [-0.39, 0.29) is 24.4 Å². The summed E-state index contributed by atoms with van der Waals surface area (Å²) in [4.78, 5) is 24.1. The van der Waals surface area contributed by atoms with Crippen LogP contribution in [0.1, 0.15) is 20.3 Å². The van der Waals surface area contributed by atoms with Gasteiger partial charge in [0.1, 0.15) is 6.04 Å². The van der Waals surface area contributed by atoms with Crippen LogP contribution < -0.4 is 5.32 Å². The van der Waals surface area contributed by atoms with E-state index in [1.165, 1.54) is 0 Å². The van der Waals surface area contributed by atoms with E-state index in [2.05, 4.69) is 5.32 Å². The Labute approximate surface area is 71.9 Å². The molecule has 1 aliphatic rings. The first kappa shape index (κ1) is 9.03. The fourth-order valence-electron chi connectivity index (χ4n) is 1.32. The number of hydrogen-bond donors (Lipinski definition) is 1. The molecule has 0 radical (unpaired) electrons. The number of amides is 2. The monoisotopic (exact) mass is 170 g/mol. The average molecular weight is 170 g/mol. The minimum absolute atomic E-state index is 0.0413. The molecule has 4 nitrogen and oxygen atoms in total. The molecule has 0 aromatic carbocycles. The summed E-state index contributed by atoms with van der Waals surface area (Å²) in [5.41, 5.74) is 0. The molecule has 2 amide bonds. The van der Waals surface area contributed by atoms with E-state index in [1.54, 1.807) is 4.90 Å². The van der Waals surface area contributed by atoms with Gasteiger partial charge in [-0.25, -0.2) is 0 Å². The van der Waals surface area contributed by atoms with E-state index in [9.17, 15) is 9.59 Å². The molecule has 12 heavy (non-hydrogen) atoms. The molecule has 1 heterocycles. The molecular weight excluding hydrogens is 156 g/mol. The van der Waals surface area contributed by atoms with E-state index >= 15 is 0 Å². The van der Waals surface area contributed by atoms with Crippen molar-refractivity contribution in [3.8, 4) is 0 Å².